The van der Waals surface area contributed by atoms with Gasteiger partial charge in [-0.2, -0.15) is 0 Å². The molecule has 2 N–H and O–H groups in total. The van der Waals surface area contributed by atoms with Crippen molar-refractivity contribution in [1.82, 2.24) is 0 Å². The summed E-state index contributed by atoms with van der Waals surface area (Å²) in [4.78, 5) is 0. The van der Waals surface area contributed by atoms with Crippen molar-refractivity contribution < 1.29 is 10.2 Å². The van der Waals surface area contributed by atoms with Gasteiger partial charge in [-0.15, -0.1) is 0 Å². The van der Waals surface area contributed by atoms with Crippen LogP contribution in [0.3, 0.4) is 0 Å². The van der Waals surface area contributed by atoms with Crippen LogP contribution in [0.5, 0.6) is 0 Å². The van der Waals surface area contributed by atoms with E-state index in [1.54, 1.807) is 5.57 Å². The maximum absolute atomic E-state index is 10.0. The van der Waals surface area contributed by atoms with Gasteiger partial charge in [0, 0.05) is 0 Å². The van der Waals surface area contributed by atoms with Crippen molar-refractivity contribution in [2.45, 2.75) is 77.9 Å². The first-order chi connectivity index (χ1) is 11.9. The highest BCUT2D eigenvalue weighted by Crippen LogP contribution is 2.53. The lowest BCUT2D eigenvalue weighted by atomic mass is 9.66. The van der Waals surface area contributed by atoms with Crippen LogP contribution in [-0.4, -0.2) is 22.4 Å². The average molecular weight is 345 g/mol. The second kappa shape index (κ2) is 7.80. The van der Waals surface area contributed by atoms with E-state index in [1.165, 1.54) is 32.1 Å². The number of aliphatic hydroxyl groups is 2. The fourth-order valence-corrected chi connectivity index (χ4v) is 5.68. The molecule has 25 heavy (non-hydrogen) atoms. The first-order valence-corrected chi connectivity index (χ1v) is 10.4. The number of hydrogen-bond donors (Lipinski definition) is 2. The first kappa shape index (κ1) is 18.9. The Bertz CT molecular complexity index is 542. The monoisotopic (exact) mass is 344 g/mol. The summed E-state index contributed by atoms with van der Waals surface area (Å²) in [6.07, 6.45) is 11.2. The largest absolute Gasteiger partial charge is 0.388 e. The molecular weight excluding hydrogens is 308 g/mol. The SMILES string of the molecule is C=C1[C@H](O)CC(=CC=C2CC[C@@H](C)C3[C@H]2CC[C@@H]3[C@@H](C)CC)C[C@H]1O. The van der Waals surface area contributed by atoms with Crippen molar-refractivity contribution in [1.29, 1.82) is 0 Å². The molecule has 140 valence electrons. The molecule has 3 fully saturated rings. The standard InChI is InChI=1S/C23H36O2/c1-5-14(2)19-10-11-20-18(8-6-15(3)23(19)20)9-7-17-12-21(24)16(4)22(25)13-17/h7,9,14-15,19-25H,4-6,8,10-13H2,1-3H3/t14-,15+,19+,20-,21+,22+,23?/m0/s1. The summed E-state index contributed by atoms with van der Waals surface area (Å²) < 4.78 is 0. The van der Waals surface area contributed by atoms with Crippen molar-refractivity contribution in [2.24, 2.45) is 29.6 Å². The van der Waals surface area contributed by atoms with Gasteiger partial charge in [-0.1, -0.05) is 57.1 Å². The van der Waals surface area contributed by atoms with Crippen LogP contribution in [-0.2, 0) is 0 Å². The molecule has 0 bridgehead atoms. The summed E-state index contributed by atoms with van der Waals surface area (Å²) >= 11 is 0. The van der Waals surface area contributed by atoms with Crippen LogP contribution in [0.1, 0.15) is 65.7 Å². The van der Waals surface area contributed by atoms with Gasteiger partial charge < -0.3 is 10.2 Å². The highest BCUT2D eigenvalue weighted by atomic mass is 16.3. The van der Waals surface area contributed by atoms with Gasteiger partial charge in [-0.3, -0.25) is 0 Å². The van der Waals surface area contributed by atoms with Gasteiger partial charge in [0.25, 0.3) is 0 Å². The van der Waals surface area contributed by atoms with Gasteiger partial charge in [0.15, 0.2) is 0 Å². The van der Waals surface area contributed by atoms with Crippen LogP contribution >= 0.6 is 0 Å². The van der Waals surface area contributed by atoms with E-state index in [-0.39, 0.29) is 0 Å². The summed E-state index contributed by atoms with van der Waals surface area (Å²) in [6.45, 7) is 11.0. The second-order valence-corrected chi connectivity index (χ2v) is 8.91. The Balaban J connectivity index is 1.76. The van der Waals surface area contributed by atoms with Gasteiger partial charge in [-0.25, -0.2) is 0 Å². The van der Waals surface area contributed by atoms with E-state index >= 15 is 0 Å². The molecule has 3 aliphatic carbocycles. The molecule has 2 heteroatoms. The van der Waals surface area contributed by atoms with E-state index in [0.29, 0.717) is 18.4 Å². The predicted molar refractivity (Wildman–Crippen MR) is 104 cm³/mol. The van der Waals surface area contributed by atoms with E-state index in [1.807, 2.05) is 0 Å². The molecule has 0 aromatic rings. The summed E-state index contributed by atoms with van der Waals surface area (Å²) in [5.41, 5.74) is 3.35. The smallest absolute Gasteiger partial charge is 0.0809 e. The van der Waals surface area contributed by atoms with E-state index in [2.05, 4.69) is 39.5 Å². The summed E-state index contributed by atoms with van der Waals surface area (Å²) in [7, 11) is 0. The lowest BCUT2D eigenvalue weighted by Gasteiger charge is -2.39. The van der Waals surface area contributed by atoms with E-state index < -0.39 is 12.2 Å². The third-order valence-electron chi connectivity index (χ3n) is 7.47. The quantitative estimate of drug-likeness (QED) is 0.705. The second-order valence-electron chi connectivity index (χ2n) is 8.91. The maximum atomic E-state index is 10.0. The molecule has 0 saturated heterocycles. The van der Waals surface area contributed by atoms with Crippen molar-refractivity contribution in [2.75, 3.05) is 0 Å². The third kappa shape index (κ3) is 3.80. The first-order valence-electron chi connectivity index (χ1n) is 10.4. The minimum Gasteiger partial charge on any atom is -0.388 e. The van der Waals surface area contributed by atoms with Gasteiger partial charge in [0.1, 0.15) is 0 Å². The molecule has 3 aliphatic rings. The number of rotatable bonds is 3. The van der Waals surface area contributed by atoms with Crippen molar-refractivity contribution >= 4 is 0 Å². The Kier molecular flexibility index (Phi) is 5.90. The van der Waals surface area contributed by atoms with Crippen LogP contribution in [0.25, 0.3) is 0 Å². The summed E-state index contributed by atoms with van der Waals surface area (Å²) in [6, 6.07) is 0. The van der Waals surface area contributed by atoms with Crippen LogP contribution in [0.15, 0.2) is 35.5 Å². The van der Waals surface area contributed by atoms with E-state index in [9.17, 15) is 10.2 Å². The number of hydrogen-bond acceptors (Lipinski definition) is 2. The van der Waals surface area contributed by atoms with Crippen LogP contribution < -0.4 is 0 Å². The number of fused-ring (bicyclic) bond motifs is 1. The highest BCUT2D eigenvalue weighted by Gasteiger charge is 2.44. The molecule has 0 radical (unpaired) electrons. The summed E-state index contributed by atoms with van der Waals surface area (Å²) in [5, 5.41) is 20.1. The summed E-state index contributed by atoms with van der Waals surface area (Å²) in [5.74, 6) is 4.19. The molecule has 0 spiro atoms. The predicted octanol–water partition coefficient (Wildman–Crippen LogP) is 5.03. The number of aliphatic hydroxyl groups excluding tert-OH is 2. The molecule has 0 heterocycles. The Hall–Kier alpha value is -0.860. The highest BCUT2D eigenvalue weighted by molar-refractivity contribution is 5.29. The van der Waals surface area contributed by atoms with Gasteiger partial charge >= 0.3 is 0 Å². The Morgan fingerprint density at radius 3 is 2.44 bits per heavy atom. The number of allylic oxidation sites excluding steroid dienone is 3. The van der Waals surface area contributed by atoms with Crippen LogP contribution in [0.2, 0.25) is 0 Å². The zero-order valence-corrected chi connectivity index (χ0v) is 16.2. The Morgan fingerprint density at radius 2 is 1.80 bits per heavy atom. The van der Waals surface area contributed by atoms with Crippen molar-refractivity contribution in [3.05, 3.63) is 35.5 Å². The molecule has 3 saturated carbocycles. The Labute approximate surface area is 153 Å². The molecule has 2 nitrogen and oxygen atoms in total. The molecule has 0 aromatic carbocycles. The van der Waals surface area contributed by atoms with Crippen LogP contribution in [0, 0.1) is 29.6 Å². The molecule has 0 aliphatic heterocycles. The lowest BCUT2D eigenvalue weighted by Crippen LogP contribution is -2.31. The average Bonchev–Trinajstić information content (AvgIpc) is 3.04. The zero-order chi connectivity index (χ0) is 18.1. The third-order valence-corrected chi connectivity index (χ3v) is 7.47. The van der Waals surface area contributed by atoms with E-state index in [0.717, 1.165) is 35.2 Å². The molecule has 3 rings (SSSR count). The van der Waals surface area contributed by atoms with Crippen molar-refractivity contribution in [3.63, 3.8) is 0 Å². The fourth-order valence-electron chi connectivity index (χ4n) is 5.68. The maximum Gasteiger partial charge on any atom is 0.0809 e. The molecule has 1 unspecified atom stereocenters. The van der Waals surface area contributed by atoms with Crippen molar-refractivity contribution in [3.8, 4) is 0 Å². The van der Waals surface area contributed by atoms with Crippen LogP contribution in [0.4, 0.5) is 0 Å². The topological polar surface area (TPSA) is 40.5 Å². The molecule has 0 amide bonds. The minimum atomic E-state index is -0.589. The van der Waals surface area contributed by atoms with Gasteiger partial charge in [0.05, 0.1) is 12.2 Å². The fraction of sp³-hybridized carbons (Fsp3) is 0.739. The normalized spacial score (nSPS) is 41.7. The molecular formula is C23H36O2. The van der Waals surface area contributed by atoms with Gasteiger partial charge in [0.2, 0.25) is 0 Å². The lowest BCUT2D eigenvalue weighted by molar-refractivity contribution is 0.123. The Morgan fingerprint density at radius 1 is 1.12 bits per heavy atom. The van der Waals surface area contributed by atoms with Gasteiger partial charge in [-0.05, 0) is 73.7 Å². The van der Waals surface area contributed by atoms with E-state index in [4.69, 9.17) is 0 Å². The molecule has 0 aromatic heterocycles. The minimum absolute atomic E-state index is 0.573. The molecule has 7 atom stereocenters. The zero-order valence-electron chi connectivity index (χ0n) is 16.2.